The van der Waals surface area contributed by atoms with Gasteiger partial charge in [-0.3, -0.25) is 0 Å². The van der Waals surface area contributed by atoms with Gasteiger partial charge in [0.2, 0.25) is 0 Å². The Bertz CT molecular complexity index is 217. The summed E-state index contributed by atoms with van der Waals surface area (Å²) in [7, 11) is 2.41. The molecule has 17 heavy (non-hydrogen) atoms. The average molecular weight is 306 g/mol. The van der Waals surface area contributed by atoms with Crippen LogP contribution in [-0.2, 0) is 21.9 Å². The van der Waals surface area contributed by atoms with E-state index in [1.165, 1.54) is 26.3 Å². The molecule has 2 aliphatic heterocycles. The molecule has 2 aliphatic rings. The van der Waals surface area contributed by atoms with Gasteiger partial charge in [0.25, 0.3) is 0 Å². The summed E-state index contributed by atoms with van der Waals surface area (Å²) in [6.45, 7) is 8.30. The molecule has 2 saturated heterocycles. The molecule has 0 aromatic heterocycles. The van der Waals surface area contributed by atoms with Crippen LogP contribution in [0.5, 0.6) is 0 Å². The van der Waals surface area contributed by atoms with Crippen molar-refractivity contribution in [3.63, 3.8) is 0 Å². The zero-order chi connectivity index (χ0) is 12.1. The van der Waals surface area contributed by atoms with Gasteiger partial charge in [0.15, 0.2) is 0 Å². The van der Waals surface area contributed by atoms with Gasteiger partial charge in [-0.1, -0.05) is 44.9 Å². The maximum Gasteiger partial charge on any atom is 2.00 e. The number of hydrogen-bond acceptors (Lipinski definition) is 1. The third-order valence-corrected chi connectivity index (χ3v) is 4.95. The van der Waals surface area contributed by atoms with Crippen molar-refractivity contribution in [3.05, 3.63) is 47.8 Å². The molecule has 1 nitrogen and oxygen atoms in total. The monoisotopic (exact) mass is 306 g/mol. The second kappa shape index (κ2) is 9.03. The first-order chi connectivity index (χ1) is 7.56. The van der Waals surface area contributed by atoms with Crippen LogP contribution in [0.1, 0.15) is 27.7 Å². The first-order valence-electron chi connectivity index (χ1n) is 5.14. The standard InChI is InChI=1S/C7H8OP.C6H8P.Fe/c1-5-4-9-7(3-8)6(5)2;1-5-3-7-4-6(5)2;/h3-4H,1-2H3;3-4H,1-2H3;/q;;+2. The molecule has 0 amide bonds. The Balaban J connectivity index is 0.000000292. The van der Waals surface area contributed by atoms with Crippen molar-refractivity contribution in [3.8, 4) is 0 Å². The van der Waals surface area contributed by atoms with Crippen molar-refractivity contribution in [1.82, 2.24) is 0 Å². The smallest absolute Gasteiger partial charge is 0.302 e. The third kappa shape index (κ3) is 5.69. The summed E-state index contributed by atoms with van der Waals surface area (Å²) in [4.78, 5) is 10.3. The molecule has 0 atom stereocenters. The summed E-state index contributed by atoms with van der Waals surface area (Å²) in [5.74, 6) is 5.24. The van der Waals surface area contributed by atoms with E-state index in [1.54, 1.807) is 0 Å². The summed E-state index contributed by atoms with van der Waals surface area (Å²) >= 11 is 0. The second-order valence-corrected chi connectivity index (χ2v) is 5.66. The zero-order valence-electron chi connectivity index (χ0n) is 10.5. The molecule has 90 valence electrons. The van der Waals surface area contributed by atoms with Crippen molar-refractivity contribution in [1.29, 1.82) is 0 Å². The van der Waals surface area contributed by atoms with Crippen molar-refractivity contribution in [2.75, 3.05) is 0 Å². The van der Waals surface area contributed by atoms with Crippen molar-refractivity contribution in [2.45, 2.75) is 27.7 Å². The van der Waals surface area contributed by atoms with Gasteiger partial charge in [0.05, 0.1) is 5.66 Å². The van der Waals surface area contributed by atoms with Gasteiger partial charge in [-0.15, -0.1) is 0 Å². The Morgan fingerprint density at radius 1 is 0.941 bits per heavy atom. The SMILES string of the molecule is C[C]1[CH][P][CH][C]1C.C[C]1[CH][P][C](C=O)[C]1C.[Fe+2]. The molecule has 0 bridgehead atoms. The van der Waals surface area contributed by atoms with Gasteiger partial charge < -0.3 is 4.79 Å². The molecular weight excluding hydrogens is 290 g/mol. The summed E-state index contributed by atoms with van der Waals surface area (Å²) in [5, 5.41) is 0. The van der Waals surface area contributed by atoms with Crippen LogP contribution < -0.4 is 0 Å². The molecule has 4 heteroatoms. The minimum Gasteiger partial charge on any atom is -0.302 e. The van der Waals surface area contributed by atoms with Crippen LogP contribution in [-0.4, -0.2) is 6.29 Å². The number of carbonyl (C=O) groups excluding carboxylic acids is 1. The van der Waals surface area contributed by atoms with Crippen LogP contribution in [0.25, 0.3) is 0 Å². The van der Waals surface area contributed by atoms with Gasteiger partial charge in [-0.25, -0.2) is 0 Å². The van der Waals surface area contributed by atoms with Crippen molar-refractivity contribution >= 4 is 23.4 Å². The Morgan fingerprint density at radius 3 is 1.65 bits per heavy atom. The summed E-state index contributed by atoms with van der Waals surface area (Å²) in [6.07, 6.45) is 7.42. The molecule has 0 N–H and O–H groups in total. The molecular formula is C13H16FeOP2+2. The Morgan fingerprint density at radius 2 is 1.47 bits per heavy atom. The fraction of sp³-hybridized carbons (Fsp3) is 0.308. The summed E-state index contributed by atoms with van der Waals surface area (Å²) in [5.41, 5.74) is 0.910. The van der Waals surface area contributed by atoms with Crippen molar-refractivity contribution < 1.29 is 21.9 Å². The second-order valence-electron chi connectivity index (χ2n) is 3.84. The number of aldehydes is 1. The Hall–Kier alpha value is 1.05. The molecule has 2 rings (SSSR count). The van der Waals surface area contributed by atoms with E-state index in [-0.39, 0.29) is 17.1 Å². The Labute approximate surface area is 121 Å². The van der Waals surface area contributed by atoms with Gasteiger partial charge >= 0.3 is 17.1 Å². The molecule has 0 unspecified atom stereocenters. The van der Waals surface area contributed by atoms with Crippen molar-refractivity contribution in [2.24, 2.45) is 0 Å². The van der Waals surface area contributed by atoms with Gasteiger partial charge in [0.1, 0.15) is 6.29 Å². The number of rotatable bonds is 1. The minimum absolute atomic E-state index is 0. The van der Waals surface area contributed by atoms with E-state index in [0.717, 1.165) is 26.4 Å². The van der Waals surface area contributed by atoms with E-state index in [4.69, 9.17) is 0 Å². The largest absolute Gasteiger partial charge is 2.00 e. The minimum atomic E-state index is 0. The van der Waals surface area contributed by atoms with E-state index >= 15 is 0 Å². The molecule has 0 spiro atoms. The third-order valence-electron chi connectivity index (χ3n) is 2.64. The molecule has 0 aromatic rings. The van der Waals surface area contributed by atoms with E-state index < -0.39 is 0 Å². The molecule has 0 aromatic carbocycles. The molecule has 2 fully saturated rings. The first-order valence-corrected chi connectivity index (χ1v) is 7.14. The van der Waals surface area contributed by atoms with Crippen LogP contribution in [0.15, 0.2) is 0 Å². The number of hydrogen-bond donors (Lipinski definition) is 0. The predicted molar refractivity (Wildman–Crippen MR) is 71.7 cm³/mol. The molecule has 2 heterocycles. The van der Waals surface area contributed by atoms with Gasteiger partial charge in [-0.05, 0) is 42.2 Å². The topological polar surface area (TPSA) is 17.1 Å². The van der Waals surface area contributed by atoms with E-state index in [2.05, 4.69) is 32.3 Å². The van der Waals surface area contributed by atoms with E-state index in [1.807, 2.05) is 13.8 Å². The van der Waals surface area contributed by atoms with Crippen LogP contribution in [0, 0.1) is 47.8 Å². The zero-order valence-corrected chi connectivity index (χ0v) is 13.4. The maximum absolute atomic E-state index is 10.3. The average Bonchev–Trinajstić information content (AvgIpc) is 2.78. The van der Waals surface area contributed by atoms with E-state index in [9.17, 15) is 4.79 Å². The van der Waals surface area contributed by atoms with Crippen LogP contribution in [0.2, 0.25) is 0 Å². The fourth-order valence-corrected chi connectivity index (χ4v) is 3.03. The molecule has 0 saturated carbocycles. The fourth-order valence-electron chi connectivity index (χ4n) is 1.15. The van der Waals surface area contributed by atoms with Crippen LogP contribution in [0.4, 0.5) is 0 Å². The molecule has 10 radical (unpaired) electrons. The van der Waals surface area contributed by atoms with Crippen LogP contribution >= 0.6 is 17.2 Å². The van der Waals surface area contributed by atoms with Gasteiger partial charge in [-0.2, -0.15) is 0 Å². The van der Waals surface area contributed by atoms with E-state index in [0.29, 0.717) is 0 Å². The summed E-state index contributed by atoms with van der Waals surface area (Å²) < 4.78 is 0. The van der Waals surface area contributed by atoms with Gasteiger partial charge in [0, 0.05) is 0 Å². The van der Waals surface area contributed by atoms with Crippen LogP contribution in [0.3, 0.4) is 0 Å². The first kappa shape index (κ1) is 18.0. The summed E-state index contributed by atoms with van der Waals surface area (Å²) in [6, 6.07) is 0. The predicted octanol–water partition coefficient (Wildman–Crippen LogP) is 4.48. The quantitative estimate of drug-likeness (QED) is 0.396. The molecule has 0 aliphatic carbocycles. The number of carbonyl (C=O) groups is 1. The Kier molecular flexibility index (Phi) is 9.59. The maximum atomic E-state index is 10.3. The normalized spacial score (nSPS) is 25.6.